The number of nitriles is 1. The van der Waals surface area contributed by atoms with Crippen molar-refractivity contribution in [2.24, 2.45) is 0 Å². The first-order valence-corrected chi connectivity index (χ1v) is 3.69. The van der Waals surface area contributed by atoms with Crippen LogP contribution < -0.4 is 0 Å². The number of halogens is 2. The Balaban J connectivity index is 3.04. The van der Waals surface area contributed by atoms with Crippen molar-refractivity contribution in [1.82, 2.24) is 0 Å². The highest BCUT2D eigenvalue weighted by atomic mass is 19.1. The van der Waals surface area contributed by atoms with Crippen LogP contribution in [0.15, 0.2) is 12.1 Å². The van der Waals surface area contributed by atoms with Crippen molar-refractivity contribution in [2.45, 2.75) is 12.8 Å². The van der Waals surface area contributed by atoms with Crippen molar-refractivity contribution in [3.8, 4) is 11.8 Å². The molecule has 0 aromatic heterocycles. The van der Waals surface area contributed by atoms with Gasteiger partial charge in [-0.3, -0.25) is 0 Å². The summed E-state index contributed by atoms with van der Waals surface area (Å²) in [6.45, 7) is 0. The first kappa shape index (κ1) is 9.46. The van der Waals surface area contributed by atoms with Gasteiger partial charge in [0.2, 0.25) is 0 Å². The molecule has 0 amide bonds. The summed E-state index contributed by atoms with van der Waals surface area (Å²) < 4.78 is 25.6. The van der Waals surface area contributed by atoms with E-state index < -0.39 is 17.4 Å². The maximum absolute atomic E-state index is 12.9. The maximum atomic E-state index is 12.9. The zero-order chi connectivity index (χ0) is 9.84. The SMILES string of the molecule is N#CCCc1c(F)ccc(F)c1O. The van der Waals surface area contributed by atoms with Crippen molar-refractivity contribution in [3.05, 3.63) is 29.3 Å². The molecule has 68 valence electrons. The van der Waals surface area contributed by atoms with E-state index in [1.54, 1.807) is 6.07 Å². The van der Waals surface area contributed by atoms with Crippen LogP contribution in [-0.2, 0) is 6.42 Å². The Kier molecular flexibility index (Phi) is 2.80. The van der Waals surface area contributed by atoms with E-state index in [2.05, 4.69) is 0 Å². The zero-order valence-corrected chi connectivity index (χ0v) is 6.72. The second-order valence-electron chi connectivity index (χ2n) is 2.51. The van der Waals surface area contributed by atoms with Crippen LogP contribution in [0.4, 0.5) is 8.78 Å². The summed E-state index contributed by atoms with van der Waals surface area (Å²) in [5.41, 5.74) is -0.137. The van der Waals surface area contributed by atoms with Gasteiger partial charge in [0.15, 0.2) is 11.6 Å². The van der Waals surface area contributed by atoms with Gasteiger partial charge in [0.05, 0.1) is 6.07 Å². The van der Waals surface area contributed by atoms with E-state index in [0.717, 1.165) is 12.1 Å². The summed E-state index contributed by atoms with van der Waals surface area (Å²) in [7, 11) is 0. The topological polar surface area (TPSA) is 44.0 Å². The monoisotopic (exact) mass is 183 g/mol. The minimum atomic E-state index is -0.866. The molecule has 1 rings (SSSR count). The molecule has 2 nitrogen and oxygen atoms in total. The van der Waals surface area contributed by atoms with Crippen LogP contribution in [0.3, 0.4) is 0 Å². The summed E-state index contributed by atoms with van der Waals surface area (Å²) >= 11 is 0. The number of nitrogens with zero attached hydrogens (tertiary/aromatic N) is 1. The Hall–Kier alpha value is -1.63. The molecule has 13 heavy (non-hydrogen) atoms. The van der Waals surface area contributed by atoms with Gasteiger partial charge in [-0.05, 0) is 18.6 Å². The molecule has 0 aliphatic heterocycles. The first-order chi connectivity index (χ1) is 6.16. The third kappa shape index (κ3) is 1.94. The van der Waals surface area contributed by atoms with Crippen LogP contribution in [0.5, 0.6) is 5.75 Å². The lowest BCUT2D eigenvalue weighted by molar-refractivity contribution is 0.417. The molecule has 0 atom stereocenters. The molecule has 0 unspecified atom stereocenters. The van der Waals surface area contributed by atoms with Gasteiger partial charge in [0.25, 0.3) is 0 Å². The molecule has 0 fully saturated rings. The molecule has 0 radical (unpaired) electrons. The second kappa shape index (κ2) is 3.85. The van der Waals surface area contributed by atoms with Gasteiger partial charge in [-0.1, -0.05) is 0 Å². The van der Waals surface area contributed by atoms with Gasteiger partial charge < -0.3 is 5.11 Å². The summed E-state index contributed by atoms with van der Waals surface area (Å²) in [5, 5.41) is 17.3. The third-order valence-electron chi connectivity index (χ3n) is 1.66. The standard InChI is InChI=1S/C9H7F2NO/c10-7-3-4-8(11)9(13)6(7)2-1-5-12/h3-4,13H,1-2H2. The molecule has 1 aromatic rings. The average Bonchev–Trinajstić information content (AvgIpc) is 2.12. The van der Waals surface area contributed by atoms with Crippen LogP contribution in [0.1, 0.15) is 12.0 Å². The minimum Gasteiger partial charge on any atom is -0.505 e. The number of benzene rings is 1. The first-order valence-electron chi connectivity index (χ1n) is 3.69. The molecule has 1 aromatic carbocycles. The van der Waals surface area contributed by atoms with Crippen LogP contribution in [0, 0.1) is 23.0 Å². The van der Waals surface area contributed by atoms with Crippen LogP contribution in [0.2, 0.25) is 0 Å². The van der Waals surface area contributed by atoms with E-state index in [-0.39, 0.29) is 18.4 Å². The number of phenols is 1. The molecule has 0 bridgehead atoms. The van der Waals surface area contributed by atoms with Crippen LogP contribution in [0.25, 0.3) is 0 Å². The van der Waals surface area contributed by atoms with Crippen molar-refractivity contribution < 1.29 is 13.9 Å². The molecular weight excluding hydrogens is 176 g/mol. The van der Waals surface area contributed by atoms with E-state index in [1.807, 2.05) is 0 Å². The highest BCUT2D eigenvalue weighted by Gasteiger charge is 2.11. The number of rotatable bonds is 2. The fourth-order valence-corrected chi connectivity index (χ4v) is 1.00. The molecule has 0 heterocycles. The Morgan fingerprint density at radius 2 is 1.92 bits per heavy atom. The Morgan fingerprint density at radius 1 is 1.31 bits per heavy atom. The van der Waals surface area contributed by atoms with Crippen molar-refractivity contribution >= 4 is 0 Å². The van der Waals surface area contributed by atoms with Gasteiger partial charge in [-0.2, -0.15) is 5.26 Å². The predicted molar refractivity (Wildman–Crippen MR) is 42.0 cm³/mol. The number of hydrogen-bond acceptors (Lipinski definition) is 2. The van der Waals surface area contributed by atoms with Gasteiger partial charge >= 0.3 is 0 Å². The lowest BCUT2D eigenvalue weighted by Crippen LogP contribution is -1.93. The van der Waals surface area contributed by atoms with Gasteiger partial charge in [0.1, 0.15) is 5.82 Å². The van der Waals surface area contributed by atoms with E-state index in [0.29, 0.717) is 0 Å². The normalized spacial score (nSPS) is 9.62. The Bertz CT molecular complexity index is 357. The maximum Gasteiger partial charge on any atom is 0.165 e. The van der Waals surface area contributed by atoms with E-state index in [4.69, 9.17) is 10.4 Å². The molecule has 0 aliphatic carbocycles. The van der Waals surface area contributed by atoms with Gasteiger partial charge in [-0.15, -0.1) is 0 Å². The summed E-state index contributed by atoms with van der Waals surface area (Å²) in [6, 6.07) is 3.57. The van der Waals surface area contributed by atoms with Gasteiger partial charge in [-0.25, -0.2) is 8.78 Å². The zero-order valence-electron chi connectivity index (χ0n) is 6.72. The second-order valence-corrected chi connectivity index (χ2v) is 2.51. The molecular formula is C9H7F2NO. The number of phenolic OH excluding ortho intramolecular Hbond substituents is 1. The molecule has 0 saturated carbocycles. The summed E-state index contributed by atoms with van der Waals surface area (Å²) in [5.74, 6) is -2.25. The summed E-state index contributed by atoms with van der Waals surface area (Å²) in [6.07, 6.45) is 0.0693. The molecule has 4 heteroatoms. The number of aromatic hydroxyl groups is 1. The Labute approximate surface area is 74.0 Å². The lowest BCUT2D eigenvalue weighted by atomic mass is 10.1. The molecule has 0 spiro atoms. The largest absolute Gasteiger partial charge is 0.505 e. The van der Waals surface area contributed by atoms with Crippen molar-refractivity contribution in [3.63, 3.8) is 0 Å². The molecule has 1 N–H and O–H groups in total. The van der Waals surface area contributed by atoms with Crippen LogP contribution in [-0.4, -0.2) is 5.11 Å². The Morgan fingerprint density at radius 3 is 2.54 bits per heavy atom. The third-order valence-corrected chi connectivity index (χ3v) is 1.66. The van der Waals surface area contributed by atoms with E-state index >= 15 is 0 Å². The lowest BCUT2D eigenvalue weighted by Gasteiger charge is -2.03. The van der Waals surface area contributed by atoms with Crippen LogP contribution >= 0.6 is 0 Å². The molecule has 0 aliphatic rings. The average molecular weight is 183 g/mol. The molecule has 0 saturated heterocycles. The van der Waals surface area contributed by atoms with Gasteiger partial charge in [0, 0.05) is 12.0 Å². The highest BCUT2D eigenvalue weighted by molar-refractivity contribution is 5.35. The highest BCUT2D eigenvalue weighted by Crippen LogP contribution is 2.24. The van der Waals surface area contributed by atoms with Crippen molar-refractivity contribution in [2.75, 3.05) is 0 Å². The predicted octanol–water partition coefficient (Wildman–Crippen LogP) is 2.13. The van der Waals surface area contributed by atoms with Crippen molar-refractivity contribution in [1.29, 1.82) is 5.26 Å². The fraction of sp³-hybridized carbons (Fsp3) is 0.222. The number of hydrogen-bond donors (Lipinski definition) is 1. The smallest absolute Gasteiger partial charge is 0.165 e. The summed E-state index contributed by atoms with van der Waals surface area (Å²) in [4.78, 5) is 0. The van der Waals surface area contributed by atoms with E-state index in [9.17, 15) is 8.78 Å². The van der Waals surface area contributed by atoms with E-state index in [1.165, 1.54) is 0 Å². The minimum absolute atomic E-state index is 0.0198. The fourth-order valence-electron chi connectivity index (χ4n) is 1.00. The quantitative estimate of drug-likeness (QED) is 0.763.